The van der Waals surface area contributed by atoms with Crippen molar-refractivity contribution in [2.24, 2.45) is 0 Å². The van der Waals surface area contributed by atoms with Crippen molar-refractivity contribution in [1.29, 1.82) is 0 Å². The summed E-state index contributed by atoms with van der Waals surface area (Å²) in [6.07, 6.45) is 1.39. The van der Waals surface area contributed by atoms with Crippen LogP contribution in [0.3, 0.4) is 0 Å². The van der Waals surface area contributed by atoms with Gasteiger partial charge in [-0.3, -0.25) is 9.89 Å². The van der Waals surface area contributed by atoms with E-state index in [1.54, 1.807) is 6.07 Å². The zero-order valence-corrected chi connectivity index (χ0v) is 15.1. The summed E-state index contributed by atoms with van der Waals surface area (Å²) in [7, 11) is -3.67. The molecule has 1 aromatic carbocycles. The number of hydrogen-bond acceptors (Lipinski definition) is 7. The Bertz CT molecular complexity index is 907. The summed E-state index contributed by atoms with van der Waals surface area (Å²) in [5.74, 6) is -1.31. The number of H-pyrrole nitrogens is 1. The van der Waals surface area contributed by atoms with Gasteiger partial charge in [0.1, 0.15) is 5.69 Å². The lowest BCUT2D eigenvalue weighted by Gasteiger charge is -2.26. The molecule has 1 amide bonds. The number of anilines is 1. The fourth-order valence-electron chi connectivity index (χ4n) is 2.45. The van der Waals surface area contributed by atoms with Crippen molar-refractivity contribution < 1.29 is 27.5 Å². The Balaban J connectivity index is 1.61. The predicted octanol–water partition coefficient (Wildman–Crippen LogP) is 0.226. The van der Waals surface area contributed by atoms with Crippen LogP contribution in [-0.2, 0) is 24.3 Å². The van der Waals surface area contributed by atoms with E-state index in [1.165, 1.54) is 34.8 Å². The number of benzene rings is 1. The van der Waals surface area contributed by atoms with Gasteiger partial charge in [-0.2, -0.15) is 9.40 Å². The molecule has 3 rings (SSSR count). The van der Waals surface area contributed by atoms with Crippen LogP contribution in [0.1, 0.15) is 10.5 Å². The molecule has 0 unspecified atom stereocenters. The first-order valence-corrected chi connectivity index (χ1v) is 9.55. The molecule has 144 valence electrons. The summed E-state index contributed by atoms with van der Waals surface area (Å²) >= 11 is 0. The van der Waals surface area contributed by atoms with E-state index < -0.39 is 28.5 Å². The Labute approximate surface area is 155 Å². The van der Waals surface area contributed by atoms with Crippen LogP contribution in [0.5, 0.6) is 0 Å². The van der Waals surface area contributed by atoms with Gasteiger partial charge in [0, 0.05) is 25.0 Å². The molecule has 10 nitrogen and oxygen atoms in total. The van der Waals surface area contributed by atoms with Gasteiger partial charge in [0.25, 0.3) is 5.91 Å². The minimum Gasteiger partial charge on any atom is -0.451 e. The zero-order chi connectivity index (χ0) is 19.3. The van der Waals surface area contributed by atoms with Gasteiger partial charge in [0.05, 0.1) is 18.1 Å². The molecule has 1 aromatic heterocycles. The molecule has 2 heterocycles. The number of nitrogens with zero attached hydrogens (tertiary/aromatic N) is 2. The van der Waals surface area contributed by atoms with Gasteiger partial charge in [0.15, 0.2) is 6.61 Å². The molecule has 0 aliphatic carbocycles. The third-order valence-electron chi connectivity index (χ3n) is 3.78. The number of carbonyl (C=O) groups excluding carboxylic acids is 2. The van der Waals surface area contributed by atoms with Crippen LogP contribution in [-0.4, -0.2) is 67.7 Å². The highest BCUT2D eigenvalue weighted by Crippen LogP contribution is 2.20. The molecule has 0 atom stereocenters. The number of nitrogens with one attached hydrogen (secondary N) is 2. The number of aromatic amines is 1. The van der Waals surface area contributed by atoms with E-state index in [4.69, 9.17) is 9.47 Å². The van der Waals surface area contributed by atoms with Crippen molar-refractivity contribution >= 4 is 27.6 Å². The topological polar surface area (TPSA) is 131 Å². The molecular weight excluding hydrogens is 376 g/mol. The molecule has 1 aliphatic heterocycles. The number of aromatic nitrogens is 2. The fourth-order valence-corrected chi connectivity index (χ4v) is 3.90. The Morgan fingerprint density at radius 3 is 2.74 bits per heavy atom. The van der Waals surface area contributed by atoms with Gasteiger partial charge in [-0.25, -0.2) is 13.2 Å². The molecule has 2 aromatic rings. The molecule has 2 N–H and O–H groups in total. The van der Waals surface area contributed by atoms with Crippen molar-refractivity contribution in [3.05, 3.63) is 42.2 Å². The Morgan fingerprint density at radius 1 is 1.26 bits per heavy atom. The first-order valence-electron chi connectivity index (χ1n) is 8.11. The molecule has 1 saturated heterocycles. The van der Waals surface area contributed by atoms with E-state index in [1.807, 2.05) is 0 Å². The number of rotatable bonds is 6. The van der Waals surface area contributed by atoms with E-state index >= 15 is 0 Å². The van der Waals surface area contributed by atoms with E-state index in [2.05, 4.69) is 15.5 Å². The number of hydrogen-bond donors (Lipinski definition) is 2. The highest BCUT2D eigenvalue weighted by atomic mass is 32.2. The zero-order valence-electron chi connectivity index (χ0n) is 14.3. The smallest absolute Gasteiger partial charge is 0.356 e. The molecule has 11 heteroatoms. The molecule has 0 radical (unpaired) electrons. The van der Waals surface area contributed by atoms with Crippen LogP contribution in [0, 0.1) is 0 Å². The standard InChI is InChI=1S/C16H18N4O6S/c21-15(11-26-16(22)14-4-5-17-19-14)18-12-2-1-3-13(10-12)27(23,24)20-6-8-25-9-7-20/h1-5,10H,6-9,11H2,(H,17,19)(H,18,21). The lowest BCUT2D eigenvalue weighted by molar-refractivity contribution is -0.119. The monoisotopic (exact) mass is 394 g/mol. The van der Waals surface area contributed by atoms with Crippen molar-refractivity contribution in [2.45, 2.75) is 4.90 Å². The normalized spacial score (nSPS) is 15.3. The van der Waals surface area contributed by atoms with Gasteiger partial charge in [-0.05, 0) is 24.3 Å². The van der Waals surface area contributed by atoms with E-state index in [-0.39, 0.29) is 29.4 Å². The number of sulfonamides is 1. The SMILES string of the molecule is O=C(COC(=O)c1ccn[nH]1)Nc1cccc(S(=O)(=O)N2CCOCC2)c1. The largest absolute Gasteiger partial charge is 0.451 e. The number of ether oxygens (including phenoxy) is 2. The van der Waals surface area contributed by atoms with Crippen molar-refractivity contribution in [1.82, 2.24) is 14.5 Å². The van der Waals surface area contributed by atoms with Gasteiger partial charge < -0.3 is 14.8 Å². The van der Waals surface area contributed by atoms with Crippen LogP contribution < -0.4 is 5.32 Å². The maximum Gasteiger partial charge on any atom is 0.356 e. The number of esters is 1. The van der Waals surface area contributed by atoms with E-state index in [9.17, 15) is 18.0 Å². The molecule has 27 heavy (non-hydrogen) atoms. The van der Waals surface area contributed by atoms with Gasteiger partial charge >= 0.3 is 5.97 Å². The Kier molecular flexibility index (Phi) is 5.84. The van der Waals surface area contributed by atoms with E-state index in [0.717, 1.165) is 0 Å². The third kappa shape index (κ3) is 4.70. The quantitative estimate of drug-likeness (QED) is 0.671. The summed E-state index contributed by atoms with van der Waals surface area (Å²) in [4.78, 5) is 23.7. The second kappa shape index (κ2) is 8.29. The van der Waals surface area contributed by atoms with Gasteiger partial charge in [-0.15, -0.1) is 0 Å². The summed E-state index contributed by atoms with van der Waals surface area (Å²) in [6, 6.07) is 7.31. The average Bonchev–Trinajstić information content (AvgIpc) is 3.22. The molecular formula is C16H18N4O6S. The highest BCUT2D eigenvalue weighted by Gasteiger charge is 2.26. The van der Waals surface area contributed by atoms with Crippen LogP contribution in [0.25, 0.3) is 0 Å². The molecule has 1 aliphatic rings. The summed E-state index contributed by atoms with van der Waals surface area (Å²) in [5.41, 5.74) is 0.410. The highest BCUT2D eigenvalue weighted by molar-refractivity contribution is 7.89. The van der Waals surface area contributed by atoms with Gasteiger partial charge in [0.2, 0.25) is 10.0 Å². The van der Waals surface area contributed by atoms with Crippen LogP contribution in [0.2, 0.25) is 0 Å². The Hall–Kier alpha value is -2.76. The number of carbonyl (C=O) groups is 2. The fraction of sp³-hybridized carbons (Fsp3) is 0.312. The average molecular weight is 394 g/mol. The van der Waals surface area contributed by atoms with Crippen molar-refractivity contribution in [3.63, 3.8) is 0 Å². The van der Waals surface area contributed by atoms with Crippen LogP contribution in [0.15, 0.2) is 41.4 Å². The minimum atomic E-state index is -3.67. The van der Waals surface area contributed by atoms with E-state index in [0.29, 0.717) is 13.2 Å². The molecule has 0 saturated carbocycles. The van der Waals surface area contributed by atoms with Crippen LogP contribution >= 0.6 is 0 Å². The predicted molar refractivity (Wildman–Crippen MR) is 93.5 cm³/mol. The second-order valence-corrected chi connectivity index (χ2v) is 7.58. The lowest BCUT2D eigenvalue weighted by Crippen LogP contribution is -2.40. The maximum atomic E-state index is 12.7. The van der Waals surface area contributed by atoms with Crippen LogP contribution in [0.4, 0.5) is 5.69 Å². The lowest BCUT2D eigenvalue weighted by atomic mass is 10.3. The second-order valence-electron chi connectivity index (χ2n) is 5.64. The summed E-state index contributed by atoms with van der Waals surface area (Å²) < 4.78 is 36.7. The maximum absolute atomic E-state index is 12.7. The third-order valence-corrected chi connectivity index (χ3v) is 5.68. The first kappa shape index (κ1) is 19.0. The molecule has 0 bridgehead atoms. The summed E-state index contributed by atoms with van der Waals surface area (Å²) in [6.45, 7) is 0.734. The van der Waals surface area contributed by atoms with Gasteiger partial charge in [-0.1, -0.05) is 6.07 Å². The Morgan fingerprint density at radius 2 is 2.04 bits per heavy atom. The first-order chi connectivity index (χ1) is 13.0. The number of morpholine rings is 1. The molecule has 0 spiro atoms. The molecule has 1 fully saturated rings. The summed E-state index contributed by atoms with van der Waals surface area (Å²) in [5, 5.41) is 8.55. The van der Waals surface area contributed by atoms with Crippen molar-refractivity contribution in [2.75, 3.05) is 38.2 Å². The van der Waals surface area contributed by atoms with Crippen molar-refractivity contribution in [3.8, 4) is 0 Å². The number of amides is 1. The minimum absolute atomic E-state index is 0.0663.